The molecular formula is C17H25NO2. The van der Waals surface area contributed by atoms with Gasteiger partial charge in [0, 0.05) is 6.54 Å². The molecule has 3 nitrogen and oxygen atoms in total. The molecule has 0 saturated heterocycles. The minimum atomic E-state index is -0.770. The highest BCUT2D eigenvalue weighted by atomic mass is 16.3. The van der Waals surface area contributed by atoms with Gasteiger partial charge in [-0.1, -0.05) is 32.0 Å². The van der Waals surface area contributed by atoms with Crippen LogP contribution in [0.5, 0.6) is 0 Å². The zero-order valence-corrected chi connectivity index (χ0v) is 12.5. The average molecular weight is 275 g/mol. The smallest absolute Gasteiger partial charge is 0.224 e. The summed E-state index contributed by atoms with van der Waals surface area (Å²) in [4.78, 5) is 12.0. The van der Waals surface area contributed by atoms with Crippen LogP contribution in [0.1, 0.15) is 49.8 Å². The SMILES string of the molecule is CCC(O)(CC)CNC(=O)Cc1ccc2c(c1)CCC2. The van der Waals surface area contributed by atoms with Crippen LogP contribution in [-0.4, -0.2) is 23.2 Å². The Morgan fingerprint density at radius 2 is 1.95 bits per heavy atom. The van der Waals surface area contributed by atoms with Gasteiger partial charge in [0.25, 0.3) is 0 Å². The van der Waals surface area contributed by atoms with E-state index in [1.165, 1.54) is 24.0 Å². The Labute approximate surface area is 121 Å². The maximum Gasteiger partial charge on any atom is 0.224 e. The predicted octanol–water partition coefficient (Wildman–Crippen LogP) is 2.39. The number of fused-ring (bicyclic) bond motifs is 1. The molecular weight excluding hydrogens is 250 g/mol. The Morgan fingerprint density at radius 1 is 1.25 bits per heavy atom. The molecule has 0 unspecified atom stereocenters. The van der Waals surface area contributed by atoms with Gasteiger partial charge in [0.1, 0.15) is 0 Å². The van der Waals surface area contributed by atoms with Crippen molar-refractivity contribution >= 4 is 5.91 Å². The van der Waals surface area contributed by atoms with Crippen LogP contribution in [-0.2, 0) is 24.1 Å². The summed E-state index contributed by atoms with van der Waals surface area (Å²) in [7, 11) is 0. The first-order valence-corrected chi connectivity index (χ1v) is 7.66. The number of hydrogen-bond acceptors (Lipinski definition) is 2. The van der Waals surface area contributed by atoms with Crippen LogP contribution in [0.25, 0.3) is 0 Å². The van der Waals surface area contributed by atoms with Gasteiger partial charge in [0.15, 0.2) is 0 Å². The minimum Gasteiger partial charge on any atom is -0.388 e. The lowest BCUT2D eigenvalue weighted by Gasteiger charge is -2.25. The van der Waals surface area contributed by atoms with Gasteiger partial charge in [0.2, 0.25) is 5.91 Å². The van der Waals surface area contributed by atoms with Gasteiger partial charge in [-0.05, 0) is 48.8 Å². The fraction of sp³-hybridized carbons (Fsp3) is 0.588. The van der Waals surface area contributed by atoms with E-state index in [0.29, 0.717) is 25.8 Å². The summed E-state index contributed by atoms with van der Waals surface area (Å²) >= 11 is 0. The van der Waals surface area contributed by atoms with E-state index in [1.807, 2.05) is 13.8 Å². The average Bonchev–Trinajstić information content (AvgIpc) is 2.92. The molecule has 20 heavy (non-hydrogen) atoms. The molecule has 110 valence electrons. The second-order valence-electron chi connectivity index (χ2n) is 5.84. The number of aliphatic hydroxyl groups is 1. The molecule has 1 amide bonds. The molecule has 0 bridgehead atoms. The maximum absolute atomic E-state index is 12.0. The third-order valence-corrected chi connectivity index (χ3v) is 4.46. The molecule has 1 aromatic carbocycles. The molecule has 0 radical (unpaired) electrons. The van der Waals surface area contributed by atoms with Crippen molar-refractivity contribution in [2.75, 3.05) is 6.54 Å². The molecule has 2 N–H and O–H groups in total. The number of carbonyl (C=O) groups is 1. The van der Waals surface area contributed by atoms with Crippen molar-refractivity contribution in [1.82, 2.24) is 5.32 Å². The van der Waals surface area contributed by atoms with E-state index in [4.69, 9.17) is 0 Å². The monoisotopic (exact) mass is 275 g/mol. The Balaban J connectivity index is 1.89. The Morgan fingerprint density at radius 3 is 2.65 bits per heavy atom. The topological polar surface area (TPSA) is 49.3 Å². The van der Waals surface area contributed by atoms with Gasteiger partial charge in [-0.15, -0.1) is 0 Å². The second kappa shape index (κ2) is 6.40. The van der Waals surface area contributed by atoms with E-state index in [0.717, 1.165) is 12.0 Å². The van der Waals surface area contributed by atoms with E-state index in [-0.39, 0.29) is 5.91 Å². The van der Waals surface area contributed by atoms with Crippen LogP contribution >= 0.6 is 0 Å². The Kier molecular flexibility index (Phi) is 4.81. The summed E-state index contributed by atoms with van der Waals surface area (Å²) in [6.45, 7) is 4.22. The summed E-state index contributed by atoms with van der Waals surface area (Å²) in [5.74, 6) is -0.0109. The standard InChI is InChI=1S/C17H25NO2/c1-3-17(20,4-2)12-18-16(19)11-13-8-9-14-6-5-7-15(14)10-13/h8-10,20H,3-7,11-12H2,1-2H3,(H,18,19). The van der Waals surface area contributed by atoms with Crippen LogP contribution in [0.2, 0.25) is 0 Å². The Hall–Kier alpha value is -1.35. The lowest BCUT2D eigenvalue weighted by Crippen LogP contribution is -2.42. The van der Waals surface area contributed by atoms with Gasteiger partial charge in [-0.25, -0.2) is 0 Å². The molecule has 0 saturated carbocycles. The van der Waals surface area contributed by atoms with Crippen molar-refractivity contribution in [2.45, 2.75) is 58.0 Å². The van der Waals surface area contributed by atoms with Crippen molar-refractivity contribution in [2.24, 2.45) is 0 Å². The molecule has 0 heterocycles. The van der Waals surface area contributed by atoms with Crippen molar-refractivity contribution < 1.29 is 9.90 Å². The first-order chi connectivity index (χ1) is 9.56. The van der Waals surface area contributed by atoms with Crippen LogP contribution in [0.3, 0.4) is 0 Å². The number of benzene rings is 1. The van der Waals surface area contributed by atoms with Crippen molar-refractivity contribution in [3.05, 3.63) is 34.9 Å². The van der Waals surface area contributed by atoms with E-state index >= 15 is 0 Å². The highest BCUT2D eigenvalue weighted by molar-refractivity contribution is 5.78. The first kappa shape index (κ1) is 15.0. The van der Waals surface area contributed by atoms with E-state index < -0.39 is 5.60 Å². The van der Waals surface area contributed by atoms with E-state index in [1.54, 1.807) is 0 Å². The fourth-order valence-corrected chi connectivity index (χ4v) is 2.75. The molecule has 2 rings (SSSR count). The van der Waals surface area contributed by atoms with Gasteiger partial charge in [-0.3, -0.25) is 4.79 Å². The summed E-state index contributed by atoms with van der Waals surface area (Å²) in [5.41, 5.74) is 3.13. The van der Waals surface area contributed by atoms with Crippen LogP contribution in [0.15, 0.2) is 18.2 Å². The van der Waals surface area contributed by atoms with Crippen LogP contribution < -0.4 is 5.32 Å². The van der Waals surface area contributed by atoms with Gasteiger partial charge in [0.05, 0.1) is 12.0 Å². The lowest BCUT2D eigenvalue weighted by atomic mass is 9.97. The second-order valence-corrected chi connectivity index (χ2v) is 5.84. The highest BCUT2D eigenvalue weighted by Crippen LogP contribution is 2.23. The molecule has 0 spiro atoms. The predicted molar refractivity (Wildman–Crippen MR) is 80.7 cm³/mol. The lowest BCUT2D eigenvalue weighted by molar-refractivity contribution is -0.121. The summed E-state index contributed by atoms with van der Waals surface area (Å²) in [5, 5.41) is 13.0. The number of amides is 1. The molecule has 0 atom stereocenters. The summed E-state index contributed by atoms with van der Waals surface area (Å²) < 4.78 is 0. The van der Waals surface area contributed by atoms with Crippen molar-refractivity contribution in [1.29, 1.82) is 0 Å². The number of nitrogens with one attached hydrogen (secondary N) is 1. The normalized spacial score (nSPS) is 14.2. The van der Waals surface area contributed by atoms with E-state index in [9.17, 15) is 9.90 Å². The number of aryl methyl sites for hydroxylation is 2. The highest BCUT2D eigenvalue weighted by Gasteiger charge is 2.22. The fourth-order valence-electron chi connectivity index (χ4n) is 2.75. The molecule has 0 fully saturated rings. The molecule has 1 aliphatic rings. The number of rotatable bonds is 6. The van der Waals surface area contributed by atoms with Crippen molar-refractivity contribution in [3.63, 3.8) is 0 Å². The Bertz CT molecular complexity index is 478. The molecule has 0 aromatic heterocycles. The maximum atomic E-state index is 12.0. The first-order valence-electron chi connectivity index (χ1n) is 7.66. The molecule has 1 aromatic rings. The third-order valence-electron chi connectivity index (χ3n) is 4.46. The minimum absolute atomic E-state index is 0.0109. The van der Waals surface area contributed by atoms with E-state index in [2.05, 4.69) is 23.5 Å². The van der Waals surface area contributed by atoms with Gasteiger partial charge in [-0.2, -0.15) is 0 Å². The van der Waals surface area contributed by atoms with Gasteiger partial charge >= 0.3 is 0 Å². The number of carbonyl (C=O) groups excluding carboxylic acids is 1. The van der Waals surface area contributed by atoms with Gasteiger partial charge < -0.3 is 10.4 Å². The van der Waals surface area contributed by atoms with Crippen molar-refractivity contribution in [3.8, 4) is 0 Å². The van der Waals surface area contributed by atoms with Crippen LogP contribution in [0, 0.1) is 0 Å². The number of hydrogen-bond donors (Lipinski definition) is 2. The quantitative estimate of drug-likeness (QED) is 0.837. The molecule has 0 aliphatic heterocycles. The zero-order chi connectivity index (χ0) is 14.6. The summed E-state index contributed by atoms with van der Waals surface area (Å²) in [6.07, 6.45) is 5.24. The largest absolute Gasteiger partial charge is 0.388 e. The molecule has 3 heteroatoms. The molecule has 1 aliphatic carbocycles. The summed E-state index contributed by atoms with van der Waals surface area (Å²) in [6, 6.07) is 6.36. The third kappa shape index (κ3) is 3.60. The van der Waals surface area contributed by atoms with Crippen LogP contribution in [0.4, 0.5) is 0 Å². The zero-order valence-electron chi connectivity index (χ0n) is 12.5.